The number of hydrogen-bond donors (Lipinski definition) is 1. The molecule has 0 spiro atoms. The average molecular weight is 332 g/mol. The van der Waals surface area contributed by atoms with Crippen LogP contribution in [0.5, 0.6) is 0 Å². The zero-order valence-corrected chi connectivity index (χ0v) is 15.5. The third-order valence-electron chi connectivity index (χ3n) is 8.50. The molecular formula is C21H33NO2. The summed E-state index contributed by atoms with van der Waals surface area (Å²) >= 11 is 0. The highest BCUT2D eigenvalue weighted by atomic mass is 16.5. The second-order valence-electron chi connectivity index (χ2n) is 9.18. The molecule has 0 saturated heterocycles. The van der Waals surface area contributed by atoms with Gasteiger partial charge in [-0.05, 0) is 74.5 Å². The number of carbonyl (C=O) groups excluding carboxylic acids is 1. The number of allylic oxidation sites excluding steroid dienone is 2. The van der Waals surface area contributed by atoms with Crippen LogP contribution in [-0.2, 0) is 9.53 Å². The number of ether oxygens (including phenoxy) is 1. The molecule has 24 heavy (non-hydrogen) atoms. The minimum atomic E-state index is -0.416. The van der Waals surface area contributed by atoms with E-state index in [1.165, 1.54) is 25.7 Å². The van der Waals surface area contributed by atoms with Crippen LogP contribution in [0.15, 0.2) is 11.6 Å². The fourth-order valence-electron chi connectivity index (χ4n) is 7.37. The molecule has 4 fully saturated rings. The molecule has 134 valence electrons. The van der Waals surface area contributed by atoms with Crippen molar-refractivity contribution in [2.75, 3.05) is 7.11 Å². The van der Waals surface area contributed by atoms with Crippen molar-refractivity contribution in [1.82, 2.24) is 0 Å². The molecule has 3 heteroatoms. The summed E-state index contributed by atoms with van der Waals surface area (Å²) in [7, 11) is 1.80. The van der Waals surface area contributed by atoms with Crippen molar-refractivity contribution in [3.8, 4) is 0 Å². The Labute approximate surface area is 146 Å². The van der Waals surface area contributed by atoms with Gasteiger partial charge >= 0.3 is 0 Å². The fourth-order valence-corrected chi connectivity index (χ4v) is 7.37. The molecule has 2 N–H and O–H groups in total. The van der Waals surface area contributed by atoms with Gasteiger partial charge in [0, 0.05) is 20.0 Å². The van der Waals surface area contributed by atoms with E-state index >= 15 is 0 Å². The molecule has 0 heterocycles. The normalized spacial score (nSPS) is 52.8. The molecule has 7 atom stereocenters. The first kappa shape index (κ1) is 16.8. The number of nitrogens with two attached hydrogens (primary N) is 1. The maximum atomic E-state index is 12.1. The van der Waals surface area contributed by atoms with Gasteiger partial charge in [0.2, 0.25) is 0 Å². The Balaban J connectivity index is 1.69. The minimum Gasteiger partial charge on any atom is -0.380 e. The number of hydrogen-bond acceptors (Lipinski definition) is 3. The molecule has 0 radical (unpaired) electrons. The van der Waals surface area contributed by atoms with E-state index in [1.54, 1.807) is 12.7 Å². The Morgan fingerprint density at radius 3 is 2.62 bits per heavy atom. The van der Waals surface area contributed by atoms with E-state index in [4.69, 9.17) is 10.5 Å². The number of ketones is 1. The summed E-state index contributed by atoms with van der Waals surface area (Å²) < 4.78 is 5.90. The van der Waals surface area contributed by atoms with E-state index in [9.17, 15) is 4.79 Å². The second-order valence-corrected chi connectivity index (χ2v) is 9.18. The quantitative estimate of drug-likeness (QED) is 0.742. The zero-order chi connectivity index (χ0) is 17.1. The monoisotopic (exact) mass is 331 g/mol. The molecule has 2 unspecified atom stereocenters. The summed E-state index contributed by atoms with van der Waals surface area (Å²) in [5.74, 6) is 3.01. The van der Waals surface area contributed by atoms with Crippen molar-refractivity contribution in [2.24, 2.45) is 34.8 Å². The van der Waals surface area contributed by atoms with Crippen LogP contribution in [0.25, 0.3) is 0 Å². The van der Waals surface area contributed by atoms with Gasteiger partial charge in [-0.2, -0.15) is 0 Å². The molecule has 0 aromatic rings. The Morgan fingerprint density at radius 1 is 1.17 bits per heavy atom. The molecule has 3 nitrogen and oxygen atoms in total. The fraction of sp³-hybridized carbons (Fsp3) is 0.857. The van der Waals surface area contributed by atoms with E-state index in [0.717, 1.165) is 31.1 Å². The largest absolute Gasteiger partial charge is 0.380 e. The van der Waals surface area contributed by atoms with Crippen LogP contribution < -0.4 is 5.73 Å². The van der Waals surface area contributed by atoms with Crippen molar-refractivity contribution in [2.45, 2.75) is 76.9 Å². The molecule has 4 aliphatic rings. The number of rotatable bonds is 1. The van der Waals surface area contributed by atoms with Crippen molar-refractivity contribution < 1.29 is 9.53 Å². The van der Waals surface area contributed by atoms with E-state index < -0.39 is 5.54 Å². The highest BCUT2D eigenvalue weighted by molar-refractivity contribution is 5.81. The van der Waals surface area contributed by atoms with Crippen molar-refractivity contribution in [3.05, 3.63) is 11.6 Å². The van der Waals surface area contributed by atoms with Crippen LogP contribution in [0.3, 0.4) is 0 Å². The first-order chi connectivity index (χ1) is 11.4. The average Bonchev–Trinajstić information content (AvgIpc) is 2.89. The summed E-state index contributed by atoms with van der Waals surface area (Å²) in [6.45, 7) is 4.72. The summed E-state index contributed by atoms with van der Waals surface area (Å²) in [4.78, 5) is 12.1. The lowest BCUT2D eigenvalue weighted by atomic mass is 9.47. The second kappa shape index (κ2) is 5.67. The lowest BCUT2D eigenvalue weighted by Crippen LogP contribution is -2.67. The maximum absolute atomic E-state index is 12.1. The van der Waals surface area contributed by atoms with Gasteiger partial charge in [0.1, 0.15) is 5.78 Å². The van der Waals surface area contributed by atoms with Gasteiger partial charge < -0.3 is 10.5 Å². The highest BCUT2D eigenvalue weighted by Gasteiger charge is 2.61. The lowest BCUT2D eigenvalue weighted by Gasteiger charge is -2.60. The lowest BCUT2D eigenvalue weighted by molar-refractivity contribution is -0.146. The van der Waals surface area contributed by atoms with E-state index in [0.29, 0.717) is 29.5 Å². The van der Waals surface area contributed by atoms with Gasteiger partial charge in [-0.15, -0.1) is 0 Å². The number of methoxy groups -OCH3 is 1. The van der Waals surface area contributed by atoms with Crippen LogP contribution in [-0.4, -0.2) is 24.5 Å². The van der Waals surface area contributed by atoms with Gasteiger partial charge in [0.25, 0.3) is 0 Å². The highest BCUT2D eigenvalue weighted by Crippen LogP contribution is 2.64. The van der Waals surface area contributed by atoms with Crippen molar-refractivity contribution in [1.29, 1.82) is 0 Å². The predicted octanol–water partition coefficient (Wildman–Crippen LogP) is 3.86. The van der Waals surface area contributed by atoms with E-state index in [2.05, 4.69) is 19.9 Å². The standard InChI is InChI=1S/C21H33NO2/c1-4-13-5-7-17-16-11-19(24-3)21(22)12-14(23)6-8-18(21)15(16)9-10-20(13,17)2/h4,15-19H,5-12,22H2,1-3H3/b13-4-/t15-,16?,17-,18+,19?,20+,21-/m0/s1. The third kappa shape index (κ3) is 2.13. The first-order valence-electron chi connectivity index (χ1n) is 9.93. The van der Waals surface area contributed by atoms with Gasteiger partial charge in [-0.1, -0.05) is 18.6 Å². The first-order valence-corrected chi connectivity index (χ1v) is 9.93. The van der Waals surface area contributed by atoms with Crippen LogP contribution in [0, 0.1) is 29.1 Å². The number of fused-ring (bicyclic) bond motifs is 5. The van der Waals surface area contributed by atoms with Crippen molar-refractivity contribution in [3.63, 3.8) is 0 Å². The maximum Gasteiger partial charge on any atom is 0.134 e. The van der Waals surface area contributed by atoms with Crippen LogP contribution in [0.4, 0.5) is 0 Å². The van der Waals surface area contributed by atoms with Gasteiger partial charge in [-0.3, -0.25) is 4.79 Å². The summed E-state index contributed by atoms with van der Waals surface area (Å²) in [6, 6.07) is 0. The number of carbonyl (C=O) groups is 1. The molecule has 0 aliphatic heterocycles. The van der Waals surface area contributed by atoms with Gasteiger partial charge in [0.15, 0.2) is 0 Å². The zero-order valence-electron chi connectivity index (χ0n) is 15.5. The Kier molecular flexibility index (Phi) is 3.96. The van der Waals surface area contributed by atoms with Gasteiger partial charge in [-0.25, -0.2) is 0 Å². The SMILES string of the molecule is C/C=C1/CC[C@H]2C3CC(OC)[C@]4(N)CC(=O)CC[C@@H]4[C@H]3CC[C@]12C. The molecule has 0 aromatic carbocycles. The molecule has 4 rings (SSSR count). The number of Topliss-reactive ketones (excluding diaryl/α,β-unsaturated/α-hetero) is 1. The Hall–Kier alpha value is -0.670. The molecular weight excluding hydrogens is 298 g/mol. The van der Waals surface area contributed by atoms with E-state index in [-0.39, 0.29) is 6.10 Å². The van der Waals surface area contributed by atoms with Crippen LogP contribution in [0.1, 0.15) is 65.2 Å². The summed E-state index contributed by atoms with van der Waals surface area (Å²) in [5, 5.41) is 0. The molecule has 0 aromatic heterocycles. The molecule has 4 aliphatic carbocycles. The predicted molar refractivity (Wildman–Crippen MR) is 95.5 cm³/mol. The third-order valence-corrected chi connectivity index (χ3v) is 8.50. The molecule has 0 amide bonds. The molecule has 0 bridgehead atoms. The minimum absolute atomic E-state index is 0.0463. The van der Waals surface area contributed by atoms with Crippen LogP contribution in [0.2, 0.25) is 0 Å². The van der Waals surface area contributed by atoms with Gasteiger partial charge in [0.05, 0.1) is 11.6 Å². The summed E-state index contributed by atoms with van der Waals surface area (Å²) in [5.41, 5.74) is 8.55. The van der Waals surface area contributed by atoms with Crippen molar-refractivity contribution >= 4 is 5.78 Å². The Morgan fingerprint density at radius 2 is 1.92 bits per heavy atom. The summed E-state index contributed by atoms with van der Waals surface area (Å²) in [6.07, 6.45) is 10.9. The molecule has 4 saturated carbocycles. The Bertz CT molecular complexity index is 570. The van der Waals surface area contributed by atoms with Crippen LogP contribution >= 0.6 is 0 Å². The topological polar surface area (TPSA) is 52.3 Å². The van der Waals surface area contributed by atoms with E-state index in [1.807, 2.05) is 0 Å². The smallest absolute Gasteiger partial charge is 0.134 e.